The first-order valence-corrected chi connectivity index (χ1v) is 24.3. The molecule has 0 N–H and O–H groups in total. The smallest absolute Gasteiger partial charge is 0.281 e. The summed E-state index contributed by atoms with van der Waals surface area (Å²) in [7, 11) is 0. The molecule has 0 aliphatic heterocycles. The van der Waals surface area contributed by atoms with Crippen LogP contribution in [0.5, 0.6) is 0 Å². The quantitative estimate of drug-likeness (QED) is 0.543. The molecule has 0 bridgehead atoms. The van der Waals surface area contributed by atoms with Crippen molar-refractivity contribution < 1.29 is 28.8 Å². The first kappa shape index (κ1) is 21.3. The summed E-state index contributed by atoms with van der Waals surface area (Å²) in [5.41, 5.74) is 0. The third kappa shape index (κ3) is 16.4. The van der Waals surface area contributed by atoms with Crippen molar-refractivity contribution in [1.29, 1.82) is 0 Å². The van der Waals surface area contributed by atoms with Gasteiger partial charge in [-0.1, -0.05) is 0 Å². The summed E-state index contributed by atoms with van der Waals surface area (Å²) in [5, 5.41) is 0. The molecule has 6 radical (unpaired) electrons. The van der Waals surface area contributed by atoms with Gasteiger partial charge in [0.25, 0.3) is 20.4 Å². The predicted octanol–water partition coefficient (Wildman–Crippen LogP) is 1.56. The molecule has 0 aromatic rings. The van der Waals surface area contributed by atoms with E-state index in [9.17, 15) is 0 Å². The number of hydrogen-bond donors (Lipinski definition) is 0. The maximum absolute atomic E-state index is 7.50. The molecule has 0 saturated carbocycles. The van der Waals surface area contributed by atoms with Gasteiger partial charge in [0.2, 0.25) is 0 Å². The van der Waals surface area contributed by atoms with Gasteiger partial charge in [-0.15, -0.1) is 0 Å². The summed E-state index contributed by atoms with van der Waals surface area (Å²) in [5.74, 6) is 0. The van der Waals surface area contributed by atoms with Gasteiger partial charge < -0.3 is 0 Å². The molecule has 87 valence electrons. The van der Waals surface area contributed by atoms with Crippen molar-refractivity contribution in [2.75, 3.05) is 0 Å². The minimum atomic E-state index is -1.34. The molecule has 0 aromatic carbocycles. The maximum atomic E-state index is 7.50. The van der Waals surface area contributed by atoms with Crippen LogP contribution in [0.25, 0.3) is 0 Å². The molecule has 0 saturated heterocycles. The van der Waals surface area contributed by atoms with Crippen LogP contribution in [-0.2, 0) is 28.8 Å². The largest absolute Gasteiger partial charge is 0.281 e. The van der Waals surface area contributed by atoms with E-state index in [1.165, 1.54) is 6.42 Å². The second-order valence-electron chi connectivity index (χ2n) is 3.41. The number of carbonyl (C=O) groups excluding carboxylic acids is 3. The van der Waals surface area contributed by atoms with Crippen LogP contribution in [-0.4, -0.2) is 35.7 Å². The zero-order valence-electron chi connectivity index (χ0n) is 9.54. The minimum absolute atomic E-state index is 0.114. The summed E-state index contributed by atoms with van der Waals surface area (Å²) in [6.45, 7) is 13.5. The molecule has 3 nitrogen and oxygen atoms in total. The van der Waals surface area contributed by atoms with Gasteiger partial charge in [0.1, 0.15) is 0 Å². The number of allylic oxidation sites excluding steroid dienone is 4. The van der Waals surface area contributed by atoms with Crippen molar-refractivity contribution in [3.05, 3.63) is 22.3 Å². The SMILES string of the molecule is [CH3][Sn]([CH3])([CH3])[Re][C]1=CC=CC1.[C]=O.[C]=O.[C]=O. The Hall–Kier alpha value is -0.0490. The fourth-order valence-electron chi connectivity index (χ4n) is 0.855. The standard InChI is InChI=1S/C5H5.3CO.3CH3.Re.Sn/c1-2-4-5-3-1;3*1-2;;;;;/h1-3H,4H2;;;;3*1H3;;. The van der Waals surface area contributed by atoms with Crippen LogP contribution in [0.2, 0.25) is 14.8 Å². The molecule has 1 aliphatic rings. The Labute approximate surface area is 107 Å². The van der Waals surface area contributed by atoms with Crippen molar-refractivity contribution in [2.45, 2.75) is 21.2 Å². The van der Waals surface area contributed by atoms with Gasteiger partial charge in [-0.3, -0.25) is 14.4 Å². The molecule has 5 heteroatoms. The van der Waals surface area contributed by atoms with Crippen LogP contribution in [0.1, 0.15) is 6.42 Å². The van der Waals surface area contributed by atoms with E-state index < -0.39 is 15.3 Å². The summed E-state index contributed by atoms with van der Waals surface area (Å²) < 4.78 is 1.82. The molecule has 0 fully saturated rings. The summed E-state index contributed by atoms with van der Waals surface area (Å²) in [6, 6.07) is 0. The van der Waals surface area contributed by atoms with E-state index in [4.69, 9.17) is 14.4 Å². The first-order valence-electron chi connectivity index (χ1n) is 4.21. The minimum Gasteiger partial charge on any atom is -0.281 e. The molecule has 0 atom stereocenters. The number of rotatable bonds is 2. The Morgan fingerprint density at radius 3 is 1.75 bits per heavy atom. The third-order valence-electron chi connectivity index (χ3n) is 1.13. The van der Waals surface area contributed by atoms with Crippen molar-refractivity contribution >= 4 is 35.7 Å². The van der Waals surface area contributed by atoms with E-state index in [0.29, 0.717) is 0 Å². The maximum Gasteiger partial charge on any atom is 0.281 e. The Morgan fingerprint density at radius 2 is 1.50 bits per heavy atom. The van der Waals surface area contributed by atoms with E-state index >= 15 is 0 Å². The Morgan fingerprint density at radius 1 is 1.06 bits per heavy atom. The molecule has 0 unspecified atom stereocenters. The van der Waals surface area contributed by atoms with E-state index in [2.05, 4.69) is 53.4 Å². The van der Waals surface area contributed by atoms with E-state index in [1.54, 1.807) is 0 Å². The van der Waals surface area contributed by atoms with Gasteiger partial charge >= 0.3 is 73.2 Å². The number of hydrogen-bond acceptors (Lipinski definition) is 3. The van der Waals surface area contributed by atoms with Gasteiger partial charge in [0.05, 0.1) is 0 Å². The molecule has 0 spiro atoms. The summed E-state index contributed by atoms with van der Waals surface area (Å²) in [4.78, 5) is 30.2. The van der Waals surface area contributed by atoms with Crippen LogP contribution in [0, 0.1) is 0 Å². The van der Waals surface area contributed by atoms with E-state index in [0.717, 1.165) is 0 Å². The van der Waals surface area contributed by atoms with Crippen molar-refractivity contribution in [3.63, 3.8) is 0 Å². The van der Waals surface area contributed by atoms with Crippen molar-refractivity contribution in [2.24, 2.45) is 0 Å². The third-order valence-corrected chi connectivity index (χ3v) is 24.0. The van der Waals surface area contributed by atoms with Crippen molar-refractivity contribution in [1.82, 2.24) is 0 Å². The van der Waals surface area contributed by atoms with Crippen LogP contribution >= 0.6 is 0 Å². The second kappa shape index (κ2) is 15.0. The fourth-order valence-corrected chi connectivity index (χ4v) is 24.8. The van der Waals surface area contributed by atoms with Gasteiger partial charge in [-0.25, -0.2) is 0 Å². The molecular formula is C11H14O3ReSn. The molecule has 0 heterocycles. The fraction of sp³-hybridized carbons (Fsp3) is 0.364. The Bertz CT molecular complexity index is 217. The topological polar surface area (TPSA) is 51.2 Å². The van der Waals surface area contributed by atoms with Crippen LogP contribution in [0.15, 0.2) is 22.3 Å². The van der Waals surface area contributed by atoms with Gasteiger partial charge in [-0.05, 0) is 0 Å². The Kier molecular flexibility index (Phi) is 19.9. The zero-order valence-corrected chi connectivity index (χ0v) is 15.1. The van der Waals surface area contributed by atoms with Gasteiger partial charge in [0.15, 0.2) is 0 Å². The molecule has 0 aromatic heterocycles. The van der Waals surface area contributed by atoms with Crippen molar-refractivity contribution in [3.8, 4) is 0 Å². The summed E-state index contributed by atoms with van der Waals surface area (Å²) in [6.07, 6.45) is 8.18. The van der Waals surface area contributed by atoms with Gasteiger partial charge in [-0.2, -0.15) is 0 Å². The average Bonchev–Trinajstić information content (AvgIpc) is 2.77. The summed E-state index contributed by atoms with van der Waals surface area (Å²) >= 11 is -1.22. The van der Waals surface area contributed by atoms with E-state index in [-0.39, 0.29) is 14.4 Å². The molecular weight excluding hydrogens is 485 g/mol. The van der Waals surface area contributed by atoms with Crippen LogP contribution < -0.4 is 0 Å². The molecule has 0 amide bonds. The Balaban J connectivity index is -0.000000245. The zero-order chi connectivity index (χ0) is 13.6. The monoisotopic (exact) mass is 501 g/mol. The van der Waals surface area contributed by atoms with Gasteiger partial charge in [0, 0.05) is 0 Å². The molecule has 1 aliphatic carbocycles. The van der Waals surface area contributed by atoms with Crippen LogP contribution in [0.4, 0.5) is 0 Å². The van der Waals surface area contributed by atoms with E-state index in [1.807, 2.05) is 4.05 Å². The second-order valence-corrected chi connectivity index (χ2v) is 49.4. The first-order chi connectivity index (χ1) is 7.58. The van der Waals surface area contributed by atoms with Crippen LogP contribution in [0.3, 0.4) is 0 Å². The normalized spacial score (nSPS) is 11.8. The molecule has 1 rings (SSSR count). The predicted molar refractivity (Wildman–Crippen MR) is 62.3 cm³/mol. The average molecular weight is 499 g/mol. The molecule has 16 heavy (non-hydrogen) atoms.